The maximum absolute atomic E-state index is 13.0. The van der Waals surface area contributed by atoms with Gasteiger partial charge in [-0.2, -0.15) is 7.11 Å². The molecule has 0 fully saturated rings. The van der Waals surface area contributed by atoms with Crippen LogP contribution in [-0.2, 0) is 16.7 Å². The van der Waals surface area contributed by atoms with E-state index in [0.29, 0.717) is 28.1 Å². The molecule has 3 N–H and O–H groups in total. The molecule has 0 aliphatic rings. The molecule has 0 aliphatic carbocycles. The van der Waals surface area contributed by atoms with Crippen molar-refractivity contribution >= 4 is 27.9 Å². The first-order valence-corrected chi connectivity index (χ1v) is 13.1. The van der Waals surface area contributed by atoms with Crippen LogP contribution in [0.3, 0.4) is 0 Å². The Kier molecular flexibility index (Phi) is 18.8. The number of aliphatic hydroxyl groups excluding tert-OH is 1. The Morgan fingerprint density at radius 1 is 0.727 bits per heavy atom. The van der Waals surface area contributed by atoms with E-state index in [1.165, 1.54) is 83.0 Å². The van der Waals surface area contributed by atoms with E-state index in [1.54, 1.807) is 6.07 Å². The van der Waals surface area contributed by atoms with Crippen molar-refractivity contribution in [3.63, 3.8) is 0 Å². The number of rotatable bonds is 7. The van der Waals surface area contributed by atoms with Gasteiger partial charge >= 0.3 is 41.5 Å². The Morgan fingerprint density at radius 2 is 1.07 bits per heavy atom. The van der Waals surface area contributed by atoms with Crippen LogP contribution in [0, 0.1) is 11.6 Å². The van der Waals surface area contributed by atoms with E-state index < -0.39 is 34.7 Å². The largest absolute Gasteiger partial charge is 1.00 e. The molecule has 2 aromatic carbocycles. The van der Waals surface area contributed by atoms with Gasteiger partial charge < -0.3 is 25.2 Å². The molecule has 0 aliphatic heterocycles. The van der Waals surface area contributed by atoms with Crippen molar-refractivity contribution in [1.82, 2.24) is 9.13 Å². The van der Waals surface area contributed by atoms with E-state index in [2.05, 4.69) is 15.9 Å². The molecule has 230 valence electrons. The number of halogens is 3. The molecule has 4 rings (SSSR count). The van der Waals surface area contributed by atoms with Crippen molar-refractivity contribution in [3.8, 4) is 11.4 Å². The van der Waals surface area contributed by atoms with Gasteiger partial charge in [0, 0.05) is 36.6 Å². The quantitative estimate of drug-likeness (QED) is 0.178. The van der Waals surface area contributed by atoms with Gasteiger partial charge in [0.1, 0.15) is 22.8 Å². The number of aromatic nitrogens is 2. The third-order valence-corrected chi connectivity index (χ3v) is 5.96. The summed E-state index contributed by atoms with van der Waals surface area (Å²) in [5.74, 6) is -3.46. The summed E-state index contributed by atoms with van der Waals surface area (Å²) in [4.78, 5) is 46.4. The molecule has 0 spiro atoms. The number of aromatic carboxylic acids is 2. The minimum absolute atomic E-state index is 0. The number of benzene rings is 2. The maximum Gasteiger partial charge on any atom is 1.00 e. The van der Waals surface area contributed by atoms with Crippen molar-refractivity contribution in [1.29, 1.82) is 0 Å². The molecule has 44 heavy (non-hydrogen) atoms. The summed E-state index contributed by atoms with van der Waals surface area (Å²) in [6.07, 6.45) is 0. The number of carboxylic acids is 2. The first-order valence-electron chi connectivity index (χ1n) is 12.0. The normalized spacial score (nSPS) is 9.55. The van der Waals surface area contributed by atoms with E-state index in [-0.39, 0.29) is 47.3 Å². The van der Waals surface area contributed by atoms with Gasteiger partial charge in [-0.05, 0) is 72.8 Å². The predicted octanol–water partition coefficient (Wildman–Crippen LogP) is -0.0201. The SMILES string of the molecule is CO.COCc1ccc(C(=O)O)c(=O)n1-c1ccc(F)cc1.C[O-].O=C(O)c1ccc(CBr)n(-c2ccc(F)cc2)c1=O.[Na+]. The summed E-state index contributed by atoms with van der Waals surface area (Å²) < 4.78 is 33.3. The number of hydrogen-bond acceptors (Lipinski definition) is 7. The third-order valence-electron chi connectivity index (χ3n) is 5.39. The van der Waals surface area contributed by atoms with Crippen LogP contribution in [0.2, 0.25) is 0 Å². The predicted molar refractivity (Wildman–Crippen MR) is 155 cm³/mol. The van der Waals surface area contributed by atoms with Gasteiger partial charge in [-0.3, -0.25) is 18.7 Å². The fourth-order valence-electron chi connectivity index (χ4n) is 3.59. The monoisotopic (exact) mass is 688 g/mol. The second-order valence-electron chi connectivity index (χ2n) is 7.89. The molecule has 2 heterocycles. The molecule has 0 radical (unpaired) electrons. The number of alkyl halides is 1. The Morgan fingerprint density at radius 3 is 1.39 bits per heavy atom. The van der Waals surface area contributed by atoms with Crippen LogP contribution in [0.15, 0.2) is 82.4 Å². The van der Waals surface area contributed by atoms with E-state index in [4.69, 9.17) is 25.2 Å². The van der Waals surface area contributed by atoms with Crippen LogP contribution >= 0.6 is 15.9 Å². The zero-order valence-corrected chi connectivity index (χ0v) is 27.7. The van der Waals surface area contributed by atoms with Crippen LogP contribution in [0.5, 0.6) is 0 Å². The maximum atomic E-state index is 13.0. The zero-order valence-electron chi connectivity index (χ0n) is 24.2. The van der Waals surface area contributed by atoms with Crippen LogP contribution in [0.4, 0.5) is 8.78 Å². The molecule has 0 unspecified atom stereocenters. The van der Waals surface area contributed by atoms with Gasteiger partial charge in [0.15, 0.2) is 0 Å². The Bertz CT molecular complexity index is 1630. The van der Waals surface area contributed by atoms with E-state index in [1.807, 2.05) is 0 Å². The number of methoxy groups -OCH3 is 1. The Labute approximate surface area is 281 Å². The Hall–Kier alpha value is -3.50. The van der Waals surface area contributed by atoms with Gasteiger partial charge in [0.05, 0.1) is 12.3 Å². The molecular formula is C29H28BrF2N2NaO9. The third kappa shape index (κ3) is 10.6. The van der Waals surface area contributed by atoms with Crippen molar-refractivity contribution in [2.45, 2.75) is 11.9 Å². The summed E-state index contributed by atoms with van der Waals surface area (Å²) in [6.45, 7) is 0.131. The number of ether oxygens (including phenoxy) is 1. The molecule has 0 saturated heterocycles. The van der Waals surface area contributed by atoms with Crippen molar-refractivity contribution < 1.29 is 73.1 Å². The minimum atomic E-state index is -1.31. The van der Waals surface area contributed by atoms with Crippen molar-refractivity contribution in [2.75, 3.05) is 21.3 Å². The van der Waals surface area contributed by atoms with Crippen LogP contribution in [0.25, 0.3) is 11.4 Å². The van der Waals surface area contributed by atoms with E-state index >= 15 is 0 Å². The van der Waals surface area contributed by atoms with Crippen molar-refractivity contribution in [2.24, 2.45) is 0 Å². The number of pyridine rings is 2. The minimum Gasteiger partial charge on any atom is -0.857 e. The van der Waals surface area contributed by atoms with Gasteiger partial charge in [0.25, 0.3) is 11.1 Å². The summed E-state index contributed by atoms with van der Waals surface area (Å²) in [7, 11) is 3.21. The standard InChI is InChI=1S/C14H12FNO4.C13H9BrFNO3.CH4O.CH3O.Na/c1-20-8-11-6-7-12(14(18)19)13(17)16(11)10-4-2-9(15)3-5-10;14-7-10-5-6-11(13(18)19)12(17)16(10)9-3-1-8(15)2-4-9;2*1-2;/h2-7H,8H2,1H3,(H,18,19);1-6H,7H2,(H,18,19);2H,1H3;1H3;/q;;;-1;+1. The number of carbonyl (C=O) groups is 2. The molecule has 0 bridgehead atoms. The van der Waals surface area contributed by atoms with Crippen LogP contribution < -0.4 is 45.8 Å². The topological polar surface area (TPSA) is 171 Å². The molecular weight excluding hydrogens is 661 g/mol. The fourth-order valence-corrected chi connectivity index (χ4v) is 4.03. The van der Waals surface area contributed by atoms with E-state index in [0.717, 1.165) is 14.2 Å². The number of aliphatic hydroxyl groups is 1. The molecule has 2 aromatic heterocycles. The molecule has 4 aromatic rings. The van der Waals surface area contributed by atoms with Gasteiger partial charge in [-0.15, -0.1) is 0 Å². The van der Waals surface area contributed by atoms with Crippen LogP contribution in [-0.4, -0.2) is 57.7 Å². The second-order valence-corrected chi connectivity index (χ2v) is 8.45. The first kappa shape index (κ1) is 40.5. The fraction of sp³-hybridized carbons (Fsp3) is 0.172. The summed E-state index contributed by atoms with van der Waals surface area (Å²) >= 11 is 3.23. The van der Waals surface area contributed by atoms with Gasteiger partial charge in [-0.1, -0.05) is 15.9 Å². The number of nitrogens with zero attached hydrogens (tertiary/aromatic N) is 2. The van der Waals surface area contributed by atoms with E-state index in [9.17, 15) is 28.0 Å². The summed E-state index contributed by atoms with van der Waals surface area (Å²) in [6, 6.07) is 16.0. The second kappa shape index (κ2) is 20.5. The van der Waals surface area contributed by atoms with Crippen LogP contribution in [0.1, 0.15) is 32.1 Å². The van der Waals surface area contributed by atoms with Crippen molar-refractivity contribution in [3.05, 3.63) is 128 Å². The molecule has 0 saturated carbocycles. The molecule has 0 amide bonds. The molecule has 11 nitrogen and oxygen atoms in total. The average molecular weight is 689 g/mol. The molecule has 0 atom stereocenters. The van der Waals surface area contributed by atoms with Gasteiger partial charge in [0.2, 0.25) is 0 Å². The average Bonchev–Trinajstić information content (AvgIpc) is 3.00. The Balaban J connectivity index is 0.000000741. The number of carboxylic acid groups (broad SMARTS) is 2. The summed E-state index contributed by atoms with van der Waals surface area (Å²) in [5.41, 5.74) is -0.135. The summed E-state index contributed by atoms with van der Waals surface area (Å²) in [5, 5.41) is 33.6. The smallest absolute Gasteiger partial charge is 0.857 e. The van der Waals surface area contributed by atoms with Gasteiger partial charge in [-0.25, -0.2) is 18.4 Å². The number of hydrogen-bond donors (Lipinski definition) is 3. The zero-order chi connectivity index (χ0) is 32.7. The molecule has 15 heteroatoms. The first-order chi connectivity index (χ1) is 20.6.